The maximum Gasteiger partial charge on any atom is 0.204 e. The van der Waals surface area contributed by atoms with Crippen molar-refractivity contribution in [1.82, 2.24) is 14.5 Å². The third-order valence-electron chi connectivity index (χ3n) is 4.71. The molecule has 0 amide bonds. The van der Waals surface area contributed by atoms with E-state index in [-0.39, 0.29) is 12.5 Å². The summed E-state index contributed by atoms with van der Waals surface area (Å²) in [4.78, 5) is 6.11. The minimum atomic E-state index is -1.50. The van der Waals surface area contributed by atoms with Gasteiger partial charge in [0.05, 0.1) is 7.11 Å². The predicted molar refractivity (Wildman–Crippen MR) is 83.3 cm³/mol. The maximum atomic E-state index is 14.1. The number of ether oxygens (including phenoxy) is 1. The van der Waals surface area contributed by atoms with Crippen molar-refractivity contribution in [3.63, 3.8) is 0 Å². The Morgan fingerprint density at radius 2 is 1.68 bits per heavy atom. The van der Waals surface area contributed by atoms with Crippen molar-refractivity contribution in [3.05, 3.63) is 47.1 Å². The molecule has 1 aromatic heterocycles. The predicted octanol–water partition coefficient (Wildman–Crippen LogP) is 3.36. The monoisotopic (exact) mass is 357 g/mol. The number of imidazole rings is 1. The van der Waals surface area contributed by atoms with Gasteiger partial charge in [-0.2, -0.15) is 8.78 Å². The van der Waals surface area contributed by atoms with Gasteiger partial charge < -0.3 is 9.30 Å². The van der Waals surface area contributed by atoms with Gasteiger partial charge in [0.25, 0.3) is 0 Å². The van der Waals surface area contributed by atoms with E-state index in [1.165, 1.54) is 0 Å². The fourth-order valence-corrected chi connectivity index (χ4v) is 3.32. The zero-order valence-electron chi connectivity index (χ0n) is 14.0. The molecule has 0 spiro atoms. The van der Waals surface area contributed by atoms with E-state index >= 15 is 0 Å². The summed E-state index contributed by atoms with van der Waals surface area (Å²) >= 11 is 0. The maximum absolute atomic E-state index is 14.1. The molecule has 0 atom stereocenters. The summed E-state index contributed by atoms with van der Waals surface area (Å²) in [6.07, 6.45) is 5.12. The smallest absolute Gasteiger partial charge is 0.204 e. The number of rotatable bonds is 4. The van der Waals surface area contributed by atoms with Crippen LogP contribution in [0.4, 0.5) is 17.6 Å². The molecular weight excluding hydrogens is 338 g/mol. The number of aryl methyl sites for hydroxylation is 1. The minimum Gasteiger partial charge on any atom is -0.491 e. The van der Waals surface area contributed by atoms with E-state index in [1.807, 2.05) is 17.8 Å². The van der Waals surface area contributed by atoms with Gasteiger partial charge in [-0.05, 0) is 25.9 Å². The highest BCUT2D eigenvalue weighted by Gasteiger charge is 2.29. The highest BCUT2D eigenvalue weighted by atomic mass is 19.2. The standard InChI is InChI=1S/C17H19F4N3O/c1-23-8-5-22-17(23)10-3-6-24(7-4-10)9-11-12(18)14(20)16(25-2)15(21)13(11)19/h5,8,10H,3-4,6-7,9H2,1-2H3. The van der Waals surface area contributed by atoms with Crippen LogP contribution in [0, 0.1) is 23.3 Å². The van der Waals surface area contributed by atoms with Crippen LogP contribution in [-0.2, 0) is 13.6 Å². The lowest BCUT2D eigenvalue weighted by Gasteiger charge is -2.31. The number of aromatic nitrogens is 2. The molecule has 4 nitrogen and oxygen atoms in total. The number of nitrogens with zero attached hydrogens (tertiary/aromatic N) is 3. The molecule has 0 bridgehead atoms. The topological polar surface area (TPSA) is 30.3 Å². The summed E-state index contributed by atoms with van der Waals surface area (Å²) in [7, 11) is 2.88. The largest absolute Gasteiger partial charge is 0.491 e. The normalized spacial score (nSPS) is 16.4. The fourth-order valence-electron chi connectivity index (χ4n) is 3.32. The lowest BCUT2D eigenvalue weighted by Crippen LogP contribution is -2.34. The van der Waals surface area contributed by atoms with Gasteiger partial charge in [-0.25, -0.2) is 13.8 Å². The quantitative estimate of drug-likeness (QED) is 0.621. The summed E-state index contributed by atoms with van der Waals surface area (Å²) in [5, 5.41) is 0. The van der Waals surface area contributed by atoms with Gasteiger partial charge in [-0.3, -0.25) is 4.90 Å². The van der Waals surface area contributed by atoms with Crippen LogP contribution in [0.5, 0.6) is 5.75 Å². The van der Waals surface area contributed by atoms with E-state index in [4.69, 9.17) is 0 Å². The molecule has 0 saturated carbocycles. The van der Waals surface area contributed by atoms with Gasteiger partial charge in [-0.1, -0.05) is 0 Å². The van der Waals surface area contributed by atoms with Crippen LogP contribution >= 0.6 is 0 Å². The molecule has 1 fully saturated rings. The highest BCUT2D eigenvalue weighted by molar-refractivity contribution is 5.34. The van der Waals surface area contributed by atoms with Gasteiger partial charge in [0.15, 0.2) is 17.4 Å². The summed E-state index contributed by atoms with van der Waals surface area (Å²) in [6, 6.07) is 0. The average Bonchev–Trinajstić information content (AvgIpc) is 3.04. The molecule has 2 heterocycles. The first-order valence-electron chi connectivity index (χ1n) is 8.02. The second kappa shape index (κ2) is 7.03. The van der Waals surface area contributed by atoms with Crippen LogP contribution in [0.2, 0.25) is 0 Å². The van der Waals surface area contributed by atoms with Crippen molar-refractivity contribution in [1.29, 1.82) is 0 Å². The van der Waals surface area contributed by atoms with E-state index in [0.29, 0.717) is 13.1 Å². The van der Waals surface area contributed by atoms with Crippen molar-refractivity contribution >= 4 is 0 Å². The van der Waals surface area contributed by atoms with Crippen molar-refractivity contribution < 1.29 is 22.3 Å². The van der Waals surface area contributed by atoms with Crippen LogP contribution in [0.25, 0.3) is 0 Å². The molecule has 0 unspecified atom stereocenters. The van der Waals surface area contributed by atoms with Gasteiger partial charge >= 0.3 is 0 Å². The number of methoxy groups -OCH3 is 1. The Labute approximate surface area is 143 Å². The summed E-state index contributed by atoms with van der Waals surface area (Å²) in [6.45, 7) is 0.931. The Morgan fingerprint density at radius 3 is 2.16 bits per heavy atom. The average molecular weight is 357 g/mol. The van der Waals surface area contributed by atoms with E-state index in [2.05, 4.69) is 9.72 Å². The minimum absolute atomic E-state index is 0.192. The van der Waals surface area contributed by atoms with Gasteiger partial charge in [-0.15, -0.1) is 0 Å². The zero-order valence-corrected chi connectivity index (χ0v) is 14.0. The van der Waals surface area contributed by atoms with E-state index < -0.39 is 34.6 Å². The second-order valence-electron chi connectivity index (χ2n) is 6.21. The molecule has 1 aliphatic rings. The number of piperidine rings is 1. The van der Waals surface area contributed by atoms with Crippen molar-refractivity contribution in [2.24, 2.45) is 7.05 Å². The SMILES string of the molecule is COc1c(F)c(F)c(CN2CCC(c3nccn3C)CC2)c(F)c1F. The molecule has 1 saturated heterocycles. The van der Waals surface area contributed by atoms with Crippen LogP contribution < -0.4 is 4.74 Å². The molecule has 8 heteroatoms. The molecule has 136 valence electrons. The molecule has 1 aliphatic heterocycles. The van der Waals surface area contributed by atoms with E-state index in [1.54, 1.807) is 11.1 Å². The third-order valence-corrected chi connectivity index (χ3v) is 4.71. The molecule has 0 radical (unpaired) electrons. The van der Waals surface area contributed by atoms with Gasteiger partial charge in [0, 0.05) is 37.5 Å². The Balaban J connectivity index is 1.73. The molecule has 1 aromatic carbocycles. The molecule has 0 aliphatic carbocycles. The first kappa shape index (κ1) is 17.7. The van der Waals surface area contributed by atoms with Crippen LogP contribution in [-0.4, -0.2) is 34.7 Å². The molecular formula is C17H19F4N3O. The van der Waals surface area contributed by atoms with E-state index in [0.717, 1.165) is 25.8 Å². The Hall–Kier alpha value is -2.09. The van der Waals surface area contributed by atoms with Gasteiger partial charge in [0.1, 0.15) is 5.82 Å². The van der Waals surface area contributed by atoms with Crippen molar-refractivity contribution in [3.8, 4) is 5.75 Å². The van der Waals surface area contributed by atoms with Crippen LogP contribution in [0.1, 0.15) is 30.1 Å². The number of hydrogen-bond donors (Lipinski definition) is 0. The molecule has 25 heavy (non-hydrogen) atoms. The number of hydrogen-bond acceptors (Lipinski definition) is 3. The van der Waals surface area contributed by atoms with E-state index in [9.17, 15) is 17.6 Å². The molecule has 3 rings (SSSR count). The summed E-state index contributed by atoms with van der Waals surface area (Å²) < 4.78 is 62.2. The first-order chi connectivity index (χ1) is 11.9. The van der Waals surface area contributed by atoms with Gasteiger partial charge in [0.2, 0.25) is 11.6 Å². The van der Waals surface area contributed by atoms with Crippen LogP contribution in [0.3, 0.4) is 0 Å². The Bertz CT molecular complexity index is 740. The highest BCUT2D eigenvalue weighted by Crippen LogP contribution is 2.32. The summed E-state index contributed by atoms with van der Waals surface area (Å²) in [5.41, 5.74) is -0.605. The van der Waals surface area contributed by atoms with Crippen LogP contribution in [0.15, 0.2) is 12.4 Å². The molecule has 0 N–H and O–H groups in total. The zero-order chi connectivity index (χ0) is 18.1. The first-order valence-corrected chi connectivity index (χ1v) is 8.02. The summed E-state index contributed by atoms with van der Waals surface area (Å²) in [5.74, 6) is -5.61. The lowest BCUT2D eigenvalue weighted by atomic mass is 9.95. The lowest BCUT2D eigenvalue weighted by molar-refractivity contribution is 0.193. The number of benzene rings is 1. The number of halogens is 4. The molecule has 2 aromatic rings. The van der Waals surface area contributed by atoms with Crippen molar-refractivity contribution in [2.45, 2.75) is 25.3 Å². The number of likely N-dealkylation sites (tertiary alicyclic amines) is 1. The Kier molecular flexibility index (Phi) is 4.99. The second-order valence-corrected chi connectivity index (χ2v) is 6.21. The Morgan fingerprint density at radius 1 is 1.08 bits per heavy atom. The third kappa shape index (κ3) is 3.22. The van der Waals surface area contributed by atoms with Crippen molar-refractivity contribution in [2.75, 3.05) is 20.2 Å². The fraction of sp³-hybridized carbons (Fsp3) is 0.471.